The minimum absolute atomic E-state index is 0.149. The first-order valence-electron chi connectivity index (χ1n) is 8.22. The maximum Gasteiger partial charge on any atom is 0.314 e. The van der Waals surface area contributed by atoms with Crippen LogP contribution in [0, 0.1) is 5.41 Å². The lowest BCUT2D eigenvalue weighted by Crippen LogP contribution is -2.38. The lowest BCUT2D eigenvalue weighted by atomic mass is 9.95. The van der Waals surface area contributed by atoms with Crippen LogP contribution in [0.5, 0.6) is 0 Å². The van der Waals surface area contributed by atoms with Crippen LogP contribution in [0.4, 0.5) is 0 Å². The molecule has 0 fully saturated rings. The fraction of sp³-hybridized carbons (Fsp3) is 0.250. The van der Waals surface area contributed by atoms with Crippen molar-refractivity contribution in [2.45, 2.75) is 20.5 Å². The Morgan fingerprint density at radius 3 is 2.04 bits per heavy atom. The summed E-state index contributed by atoms with van der Waals surface area (Å²) in [6.45, 7) is 3.26. The maximum absolute atomic E-state index is 12.3. The summed E-state index contributed by atoms with van der Waals surface area (Å²) in [6.07, 6.45) is 0. The van der Waals surface area contributed by atoms with Crippen molar-refractivity contribution in [2.75, 3.05) is 6.61 Å². The van der Waals surface area contributed by atoms with E-state index in [9.17, 15) is 14.4 Å². The number of rotatable bonds is 6. The van der Waals surface area contributed by atoms with Crippen molar-refractivity contribution in [3.63, 3.8) is 0 Å². The number of benzene rings is 2. The molecule has 0 N–H and O–H groups in total. The number of carbonyl (C=O) groups is 3. The van der Waals surface area contributed by atoms with Gasteiger partial charge in [0.2, 0.25) is 0 Å². The molecule has 2 aromatic carbocycles. The highest BCUT2D eigenvalue weighted by Crippen LogP contribution is 2.25. The molecule has 0 aliphatic carbocycles. The van der Waals surface area contributed by atoms with Gasteiger partial charge in [-0.25, -0.2) is 0 Å². The van der Waals surface area contributed by atoms with Crippen molar-refractivity contribution in [1.29, 1.82) is 0 Å². The zero-order chi connectivity index (χ0) is 18.7. The molecule has 1 heterocycles. The van der Waals surface area contributed by atoms with Crippen molar-refractivity contribution in [2.24, 2.45) is 5.41 Å². The van der Waals surface area contributed by atoms with Gasteiger partial charge in [-0.3, -0.25) is 19.2 Å². The molecular weight excluding hydrogens is 334 g/mol. The molecule has 0 radical (unpaired) electrons. The van der Waals surface area contributed by atoms with E-state index < -0.39 is 23.2 Å². The second-order valence-electron chi connectivity index (χ2n) is 6.67. The SMILES string of the molecule is CC(C)(CON1C(=O)c2ccccc2C1=O)C(=O)OCc1ccccc1. The molecule has 3 rings (SSSR count). The van der Waals surface area contributed by atoms with Crippen molar-refractivity contribution in [3.8, 4) is 0 Å². The van der Waals surface area contributed by atoms with Crippen LogP contribution in [0.15, 0.2) is 54.6 Å². The topological polar surface area (TPSA) is 72.9 Å². The fourth-order valence-electron chi connectivity index (χ4n) is 2.49. The summed E-state index contributed by atoms with van der Waals surface area (Å²) in [4.78, 5) is 42.3. The van der Waals surface area contributed by atoms with Gasteiger partial charge in [0.15, 0.2) is 0 Å². The van der Waals surface area contributed by atoms with Gasteiger partial charge in [0.05, 0.1) is 23.1 Å². The number of ether oxygens (including phenoxy) is 1. The number of hydrogen-bond acceptors (Lipinski definition) is 5. The van der Waals surface area contributed by atoms with Crippen molar-refractivity contribution in [3.05, 3.63) is 71.3 Å². The predicted molar refractivity (Wildman–Crippen MR) is 92.9 cm³/mol. The molecule has 6 heteroatoms. The molecule has 0 bridgehead atoms. The quantitative estimate of drug-likeness (QED) is 0.590. The molecule has 0 aromatic heterocycles. The van der Waals surface area contributed by atoms with E-state index in [0.29, 0.717) is 16.2 Å². The number of hydrogen-bond donors (Lipinski definition) is 0. The van der Waals surface area contributed by atoms with Crippen LogP contribution in [-0.2, 0) is 21.0 Å². The van der Waals surface area contributed by atoms with Gasteiger partial charge in [0.1, 0.15) is 6.61 Å². The van der Waals surface area contributed by atoms with E-state index in [0.717, 1.165) is 5.56 Å². The minimum Gasteiger partial charge on any atom is -0.460 e. The van der Waals surface area contributed by atoms with Gasteiger partial charge in [0, 0.05) is 0 Å². The monoisotopic (exact) mass is 353 g/mol. The van der Waals surface area contributed by atoms with Crippen LogP contribution in [0.3, 0.4) is 0 Å². The number of nitrogens with zero attached hydrogens (tertiary/aromatic N) is 1. The van der Waals surface area contributed by atoms with Crippen LogP contribution in [0.25, 0.3) is 0 Å². The van der Waals surface area contributed by atoms with Crippen LogP contribution < -0.4 is 0 Å². The lowest BCUT2D eigenvalue weighted by molar-refractivity contribution is -0.168. The molecule has 6 nitrogen and oxygen atoms in total. The minimum atomic E-state index is -1.02. The van der Waals surface area contributed by atoms with Gasteiger partial charge < -0.3 is 4.74 Å². The summed E-state index contributed by atoms with van der Waals surface area (Å²) in [5.41, 5.74) is 0.436. The Labute approximate surface area is 151 Å². The van der Waals surface area contributed by atoms with Crippen molar-refractivity contribution < 1.29 is 24.0 Å². The number of fused-ring (bicyclic) bond motifs is 1. The lowest BCUT2D eigenvalue weighted by Gasteiger charge is -2.24. The Kier molecular flexibility index (Phi) is 4.86. The molecule has 0 spiro atoms. The molecule has 0 saturated carbocycles. The third-order valence-electron chi connectivity index (χ3n) is 4.08. The summed E-state index contributed by atoms with van der Waals surface area (Å²) in [5.74, 6) is -1.53. The maximum atomic E-state index is 12.3. The molecule has 0 atom stereocenters. The molecule has 2 aromatic rings. The smallest absolute Gasteiger partial charge is 0.314 e. The molecule has 134 valence electrons. The Hall–Kier alpha value is -2.99. The number of imide groups is 1. The van der Waals surface area contributed by atoms with Crippen molar-refractivity contribution in [1.82, 2.24) is 5.06 Å². The number of carbonyl (C=O) groups excluding carboxylic acids is 3. The first kappa shape index (κ1) is 17.8. The first-order chi connectivity index (χ1) is 12.4. The third-order valence-corrected chi connectivity index (χ3v) is 4.08. The van der Waals surface area contributed by atoms with Crippen LogP contribution in [0.1, 0.15) is 40.1 Å². The van der Waals surface area contributed by atoms with E-state index >= 15 is 0 Å². The highest BCUT2D eigenvalue weighted by Gasteiger charge is 2.39. The Morgan fingerprint density at radius 1 is 0.923 bits per heavy atom. The van der Waals surface area contributed by atoms with Gasteiger partial charge in [-0.1, -0.05) is 42.5 Å². The van der Waals surface area contributed by atoms with E-state index in [1.807, 2.05) is 30.3 Å². The number of amides is 2. The summed E-state index contributed by atoms with van der Waals surface area (Å²) in [5, 5.41) is 0.705. The Bertz CT molecular complexity index is 809. The van der Waals surface area contributed by atoms with Crippen LogP contribution in [-0.4, -0.2) is 29.5 Å². The largest absolute Gasteiger partial charge is 0.460 e. The van der Waals surface area contributed by atoms with Crippen molar-refractivity contribution >= 4 is 17.8 Å². The van der Waals surface area contributed by atoms with Gasteiger partial charge in [-0.15, -0.1) is 5.06 Å². The van der Waals surface area contributed by atoms with Gasteiger partial charge in [-0.05, 0) is 31.5 Å². The Morgan fingerprint density at radius 2 is 1.46 bits per heavy atom. The molecule has 0 saturated heterocycles. The summed E-state index contributed by atoms with van der Waals surface area (Å²) >= 11 is 0. The normalized spacial score (nSPS) is 13.7. The number of hydroxylamine groups is 2. The highest BCUT2D eigenvalue weighted by molar-refractivity contribution is 6.20. The van der Waals surface area contributed by atoms with E-state index in [4.69, 9.17) is 9.57 Å². The van der Waals surface area contributed by atoms with Gasteiger partial charge >= 0.3 is 5.97 Å². The average molecular weight is 353 g/mol. The molecule has 2 amide bonds. The zero-order valence-corrected chi connectivity index (χ0v) is 14.6. The van der Waals surface area contributed by atoms with Crippen LogP contribution in [0.2, 0.25) is 0 Å². The summed E-state index contributed by atoms with van der Waals surface area (Å²) in [6, 6.07) is 15.8. The van der Waals surface area contributed by atoms with E-state index in [2.05, 4.69) is 0 Å². The summed E-state index contributed by atoms with van der Waals surface area (Å²) in [7, 11) is 0. The zero-order valence-electron chi connectivity index (χ0n) is 14.6. The predicted octanol–water partition coefficient (Wildman–Crippen LogP) is 2.98. The summed E-state index contributed by atoms with van der Waals surface area (Å²) < 4.78 is 5.32. The molecule has 0 unspecified atom stereocenters. The van der Waals surface area contributed by atoms with E-state index in [-0.39, 0.29) is 13.2 Å². The Balaban J connectivity index is 1.59. The number of esters is 1. The fourth-order valence-corrected chi connectivity index (χ4v) is 2.49. The molecular formula is C20H19NO5. The standard InChI is InChI=1S/C20H19NO5/c1-20(2,19(24)25-12-14-8-4-3-5-9-14)13-26-21-17(22)15-10-6-7-11-16(15)18(21)23/h3-11H,12-13H2,1-2H3. The van der Waals surface area contributed by atoms with Gasteiger partial charge in [-0.2, -0.15) is 0 Å². The second-order valence-corrected chi connectivity index (χ2v) is 6.67. The molecule has 1 aliphatic heterocycles. The van der Waals surface area contributed by atoms with E-state index in [1.54, 1.807) is 38.1 Å². The average Bonchev–Trinajstić information content (AvgIpc) is 2.90. The highest BCUT2D eigenvalue weighted by atomic mass is 16.7. The first-order valence-corrected chi connectivity index (χ1v) is 8.22. The molecule has 26 heavy (non-hydrogen) atoms. The third kappa shape index (κ3) is 3.50. The van der Waals surface area contributed by atoms with Crippen LogP contribution >= 0.6 is 0 Å². The van der Waals surface area contributed by atoms with E-state index in [1.165, 1.54) is 0 Å². The van der Waals surface area contributed by atoms with Gasteiger partial charge in [0.25, 0.3) is 11.8 Å². The second kappa shape index (κ2) is 7.09. The molecule has 1 aliphatic rings.